The van der Waals surface area contributed by atoms with Gasteiger partial charge in [0.25, 0.3) is 0 Å². The van der Waals surface area contributed by atoms with Crippen LogP contribution in [0.2, 0.25) is 0 Å². The monoisotopic (exact) mass is 261 g/mol. The molecule has 1 aromatic rings. The van der Waals surface area contributed by atoms with Gasteiger partial charge in [0.2, 0.25) is 0 Å². The van der Waals surface area contributed by atoms with Crippen molar-refractivity contribution >= 4 is 5.97 Å². The molecule has 1 rings (SSSR count). The lowest BCUT2D eigenvalue weighted by Gasteiger charge is -2.22. The summed E-state index contributed by atoms with van der Waals surface area (Å²) in [4.78, 5) is 11.6. The molecule has 0 saturated heterocycles. The van der Waals surface area contributed by atoms with Gasteiger partial charge in [-0.15, -0.1) is 0 Å². The molecule has 0 amide bonds. The number of hydrogen-bond donors (Lipinski definition) is 1. The minimum absolute atomic E-state index is 0.180. The van der Waals surface area contributed by atoms with E-state index < -0.39 is 35.1 Å². The van der Waals surface area contributed by atoms with Crippen LogP contribution in [0.4, 0.5) is 13.2 Å². The highest BCUT2D eigenvalue weighted by atomic mass is 19.2. The molecule has 0 saturated carbocycles. The fraction of sp³-hybridized carbons (Fsp3) is 0.417. The Morgan fingerprint density at radius 1 is 1.22 bits per heavy atom. The molecule has 1 unspecified atom stereocenters. The maximum absolute atomic E-state index is 13.0. The predicted molar refractivity (Wildman–Crippen MR) is 59.1 cm³/mol. The van der Waals surface area contributed by atoms with Gasteiger partial charge >= 0.3 is 5.97 Å². The van der Waals surface area contributed by atoms with Gasteiger partial charge in [-0.2, -0.15) is 0 Å². The van der Waals surface area contributed by atoms with Gasteiger partial charge in [-0.25, -0.2) is 18.0 Å². The number of carbonyl (C=O) groups excluding carboxylic acids is 1. The van der Waals surface area contributed by atoms with E-state index in [9.17, 15) is 18.0 Å². The second-order valence-corrected chi connectivity index (χ2v) is 4.81. The summed E-state index contributed by atoms with van der Waals surface area (Å²) in [5.41, 5.74) is 4.55. The average Bonchev–Trinajstić information content (AvgIpc) is 2.21. The van der Waals surface area contributed by atoms with E-state index in [-0.39, 0.29) is 5.56 Å². The Hall–Kier alpha value is -1.56. The third kappa shape index (κ3) is 3.46. The minimum Gasteiger partial charge on any atom is -0.459 e. The number of hydrogen-bond acceptors (Lipinski definition) is 3. The Labute approximate surface area is 103 Å². The average molecular weight is 261 g/mol. The first-order valence-corrected chi connectivity index (χ1v) is 5.24. The van der Waals surface area contributed by atoms with Crippen LogP contribution in [-0.2, 0) is 9.53 Å². The first-order valence-electron chi connectivity index (χ1n) is 5.24. The van der Waals surface area contributed by atoms with Gasteiger partial charge < -0.3 is 10.5 Å². The Morgan fingerprint density at radius 2 is 1.67 bits per heavy atom. The SMILES string of the molecule is CC(C)(C)OC(=O)C(N)c1cc(F)c(F)c(F)c1. The highest BCUT2D eigenvalue weighted by molar-refractivity contribution is 5.77. The van der Waals surface area contributed by atoms with Crippen molar-refractivity contribution in [2.75, 3.05) is 0 Å². The molecule has 0 aliphatic heterocycles. The highest BCUT2D eigenvalue weighted by Gasteiger charge is 2.25. The maximum Gasteiger partial charge on any atom is 0.328 e. The molecule has 0 fully saturated rings. The molecule has 0 radical (unpaired) electrons. The standard InChI is InChI=1S/C12H14F3NO2/c1-12(2,3)18-11(17)10(16)6-4-7(13)9(15)8(14)5-6/h4-5,10H,16H2,1-3H3. The zero-order valence-corrected chi connectivity index (χ0v) is 10.3. The van der Waals surface area contributed by atoms with Crippen LogP contribution in [-0.4, -0.2) is 11.6 Å². The summed E-state index contributed by atoms with van der Waals surface area (Å²) in [5.74, 6) is -5.24. The Kier molecular flexibility index (Phi) is 4.01. The molecular weight excluding hydrogens is 247 g/mol. The summed E-state index contributed by atoms with van der Waals surface area (Å²) in [6.45, 7) is 4.89. The van der Waals surface area contributed by atoms with Crippen molar-refractivity contribution < 1.29 is 22.7 Å². The predicted octanol–water partition coefficient (Wildman–Crippen LogP) is 2.45. The summed E-state index contributed by atoms with van der Waals surface area (Å²) in [7, 11) is 0. The van der Waals surface area contributed by atoms with Crippen molar-refractivity contribution in [3.05, 3.63) is 35.1 Å². The zero-order valence-electron chi connectivity index (χ0n) is 10.3. The van der Waals surface area contributed by atoms with Crippen LogP contribution in [0.3, 0.4) is 0 Å². The van der Waals surface area contributed by atoms with Crippen LogP contribution in [0.15, 0.2) is 12.1 Å². The van der Waals surface area contributed by atoms with Crippen molar-refractivity contribution in [3.63, 3.8) is 0 Å². The molecule has 100 valence electrons. The van der Waals surface area contributed by atoms with Crippen molar-refractivity contribution in [2.24, 2.45) is 5.73 Å². The number of rotatable bonds is 2. The molecule has 0 bridgehead atoms. The second-order valence-electron chi connectivity index (χ2n) is 4.81. The largest absolute Gasteiger partial charge is 0.459 e. The lowest BCUT2D eigenvalue weighted by molar-refractivity contribution is -0.156. The number of esters is 1. The molecule has 2 N–H and O–H groups in total. The first kappa shape index (κ1) is 14.5. The summed E-state index contributed by atoms with van der Waals surface area (Å²) >= 11 is 0. The van der Waals surface area contributed by atoms with Crippen LogP contribution in [0.25, 0.3) is 0 Å². The number of nitrogens with two attached hydrogens (primary N) is 1. The van der Waals surface area contributed by atoms with Crippen LogP contribution < -0.4 is 5.73 Å². The third-order valence-electron chi connectivity index (χ3n) is 2.03. The molecule has 1 atom stereocenters. The number of ether oxygens (including phenoxy) is 1. The van der Waals surface area contributed by atoms with E-state index in [0.29, 0.717) is 12.1 Å². The zero-order chi connectivity index (χ0) is 14.1. The molecule has 0 aliphatic rings. The van der Waals surface area contributed by atoms with Crippen LogP contribution >= 0.6 is 0 Å². The molecule has 18 heavy (non-hydrogen) atoms. The van der Waals surface area contributed by atoms with Gasteiger partial charge in [0, 0.05) is 0 Å². The Balaban J connectivity index is 2.97. The van der Waals surface area contributed by atoms with E-state index in [2.05, 4.69) is 0 Å². The quantitative estimate of drug-likeness (QED) is 0.657. The van der Waals surface area contributed by atoms with Crippen molar-refractivity contribution in [1.82, 2.24) is 0 Å². The molecule has 0 spiro atoms. The smallest absolute Gasteiger partial charge is 0.328 e. The molecular formula is C12H14F3NO2. The Morgan fingerprint density at radius 3 is 2.06 bits per heavy atom. The van der Waals surface area contributed by atoms with Crippen molar-refractivity contribution in [1.29, 1.82) is 0 Å². The van der Waals surface area contributed by atoms with Gasteiger partial charge in [0.05, 0.1) is 0 Å². The second kappa shape index (κ2) is 4.97. The van der Waals surface area contributed by atoms with E-state index in [0.717, 1.165) is 0 Å². The Bertz CT molecular complexity index is 446. The molecule has 6 heteroatoms. The molecule has 0 heterocycles. The number of benzene rings is 1. The third-order valence-corrected chi connectivity index (χ3v) is 2.03. The van der Waals surface area contributed by atoms with E-state index in [1.54, 1.807) is 20.8 Å². The lowest BCUT2D eigenvalue weighted by Crippen LogP contribution is -2.31. The van der Waals surface area contributed by atoms with Crippen molar-refractivity contribution in [3.8, 4) is 0 Å². The number of halogens is 3. The fourth-order valence-corrected chi connectivity index (χ4v) is 1.26. The van der Waals surface area contributed by atoms with Gasteiger partial charge in [0.15, 0.2) is 17.5 Å². The maximum atomic E-state index is 13.0. The first-order chi connectivity index (χ1) is 8.11. The highest BCUT2D eigenvalue weighted by Crippen LogP contribution is 2.20. The fourth-order valence-electron chi connectivity index (χ4n) is 1.26. The van der Waals surface area contributed by atoms with E-state index in [1.165, 1.54) is 0 Å². The lowest BCUT2D eigenvalue weighted by atomic mass is 10.1. The summed E-state index contributed by atoms with van der Waals surface area (Å²) in [6.07, 6.45) is 0. The van der Waals surface area contributed by atoms with Gasteiger partial charge in [-0.05, 0) is 38.5 Å². The molecule has 1 aromatic carbocycles. The molecule has 0 aliphatic carbocycles. The van der Waals surface area contributed by atoms with Gasteiger partial charge in [0.1, 0.15) is 11.6 Å². The van der Waals surface area contributed by atoms with E-state index in [1.807, 2.05) is 0 Å². The topological polar surface area (TPSA) is 52.3 Å². The normalized spacial score (nSPS) is 13.3. The summed E-state index contributed by atoms with van der Waals surface area (Å²) in [5, 5.41) is 0. The summed E-state index contributed by atoms with van der Waals surface area (Å²) in [6, 6.07) is -0.0196. The van der Waals surface area contributed by atoms with Crippen molar-refractivity contribution in [2.45, 2.75) is 32.4 Å². The van der Waals surface area contributed by atoms with Gasteiger partial charge in [-0.3, -0.25) is 0 Å². The van der Waals surface area contributed by atoms with E-state index >= 15 is 0 Å². The molecule has 0 aromatic heterocycles. The van der Waals surface area contributed by atoms with Crippen LogP contribution in [0, 0.1) is 17.5 Å². The summed E-state index contributed by atoms with van der Waals surface area (Å²) < 4.78 is 43.7. The van der Waals surface area contributed by atoms with Gasteiger partial charge in [-0.1, -0.05) is 0 Å². The number of carbonyl (C=O) groups is 1. The molecule has 3 nitrogen and oxygen atoms in total. The van der Waals surface area contributed by atoms with Crippen LogP contribution in [0.1, 0.15) is 32.4 Å². The minimum atomic E-state index is -1.60. The van der Waals surface area contributed by atoms with E-state index in [4.69, 9.17) is 10.5 Å². The van der Waals surface area contributed by atoms with Crippen LogP contribution in [0.5, 0.6) is 0 Å².